The molecule has 0 atom stereocenters. The Hall–Kier alpha value is -3.68. The number of pyridine rings is 1. The molecule has 3 rings (SSSR count). The SMILES string of the molecule is COc1cc2oc(=O)c(C(=O)NNC(=O)c3ccncc3)cc2cc1C. The molecule has 2 aromatic heterocycles. The molecule has 132 valence electrons. The number of methoxy groups -OCH3 is 1. The molecule has 0 unspecified atom stereocenters. The van der Waals surface area contributed by atoms with E-state index in [2.05, 4.69) is 15.8 Å². The van der Waals surface area contributed by atoms with Gasteiger partial charge in [0.25, 0.3) is 11.8 Å². The number of hydrogen-bond donors (Lipinski definition) is 2. The van der Waals surface area contributed by atoms with Gasteiger partial charge in [-0.25, -0.2) is 4.79 Å². The van der Waals surface area contributed by atoms with Gasteiger partial charge in [0.1, 0.15) is 16.9 Å². The zero-order chi connectivity index (χ0) is 18.7. The first-order valence-electron chi connectivity index (χ1n) is 7.63. The molecule has 2 heterocycles. The van der Waals surface area contributed by atoms with E-state index >= 15 is 0 Å². The standard InChI is InChI=1S/C18H15N3O5/c1-10-7-12-8-13(18(24)26-15(12)9-14(10)25-2)17(23)21-20-16(22)11-3-5-19-6-4-11/h3-9H,1-2H3,(H,20,22)(H,21,23). The van der Waals surface area contributed by atoms with Crippen molar-refractivity contribution in [2.24, 2.45) is 0 Å². The van der Waals surface area contributed by atoms with Gasteiger partial charge in [-0.15, -0.1) is 0 Å². The number of nitrogens with one attached hydrogen (secondary N) is 2. The molecule has 3 aromatic rings. The van der Waals surface area contributed by atoms with Crippen LogP contribution in [0.5, 0.6) is 5.75 Å². The van der Waals surface area contributed by atoms with Crippen LogP contribution in [0.15, 0.2) is 51.9 Å². The van der Waals surface area contributed by atoms with Crippen molar-refractivity contribution in [2.45, 2.75) is 6.92 Å². The number of fused-ring (bicyclic) bond motifs is 1. The summed E-state index contributed by atoms with van der Waals surface area (Å²) in [4.78, 5) is 40.0. The number of amides is 2. The van der Waals surface area contributed by atoms with Crippen LogP contribution in [-0.2, 0) is 0 Å². The average Bonchev–Trinajstić information content (AvgIpc) is 2.65. The molecule has 2 amide bonds. The minimum atomic E-state index is -0.820. The van der Waals surface area contributed by atoms with Gasteiger partial charge < -0.3 is 9.15 Å². The van der Waals surface area contributed by atoms with Crippen LogP contribution in [0.2, 0.25) is 0 Å². The molecule has 8 nitrogen and oxygen atoms in total. The fraction of sp³-hybridized carbons (Fsp3) is 0.111. The van der Waals surface area contributed by atoms with Crippen molar-refractivity contribution in [1.82, 2.24) is 15.8 Å². The second-order valence-electron chi connectivity index (χ2n) is 5.45. The third-order valence-corrected chi connectivity index (χ3v) is 3.73. The lowest BCUT2D eigenvalue weighted by atomic mass is 10.1. The molecule has 8 heteroatoms. The first kappa shape index (κ1) is 17.2. The van der Waals surface area contributed by atoms with Crippen molar-refractivity contribution in [3.8, 4) is 5.75 Å². The van der Waals surface area contributed by atoms with Gasteiger partial charge in [0.2, 0.25) is 0 Å². The molecule has 0 bridgehead atoms. The summed E-state index contributed by atoms with van der Waals surface area (Å²) in [6.45, 7) is 1.83. The number of hydrazine groups is 1. The number of ether oxygens (including phenoxy) is 1. The zero-order valence-corrected chi connectivity index (χ0v) is 14.0. The lowest BCUT2D eigenvalue weighted by molar-refractivity contribution is 0.0844. The molecule has 0 saturated heterocycles. The average molecular weight is 353 g/mol. The van der Waals surface area contributed by atoms with Crippen LogP contribution in [0.3, 0.4) is 0 Å². The van der Waals surface area contributed by atoms with Gasteiger partial charge in [-0.2, -0.15) is 0 Å². The third-order valence-electron chi connectivity index (χ3n) is 3.73. The molecule has 0 fully saturated rings. The highest BCUT2D eigenvalue weighted by atomic mass is 16.5. The smallest absolute Gasteiger partial charge is 0.349 e. The van der Waals surface area contributed by atoms with E-state index in [0.717, 1.165) is 5.56 Å². The summed E-state index contributed by atoms with van der Waals surface area (Å²) in [6, 6.07) is 7.70. The molecule has 0 spiro atoms. The van der Waals surface area contributed by atoms with Crippen molar-refractivity contribution < 1.29 is 18.7 Å². The maximum absolute atomic E-state index is 12.2. The maximum Gasteiger partial charge on any atom is 0.349 e. The molecule has 1 aromatic carbocycles. The van der Waals surface area contributed by atoms with E-state index in [4.69, 9.17) is 9.15 Å². The molecule has 0 saturated carbocycles. The first-order valence-corrected chi connectivity index (χ1v) is 7.63. The molecule has 0 aliphatic heterocycles. The van der Waals surface area contributed by atoms with Crippen LogP contribution >= 0.6 is 0 Å². The van der Waals surface area contributed by atoms with Gasteiger partial charge in [-0.1, -0.05) is 0 Å². The molecular formula is C18H15N3O5. The number of hydrogen-bond acceptors (Lipinski definition) is 6. The van der Waals surface area contributed by atoms with E-state index in [0.29, 0.717) is 22.3 Å². The van der Waals surface area contributed by atoms with Crippen molar-refractivity contribution >= 4 is 22.8 Å². The Balaban J connectivity index is 1.83. The van der Waals surface area contributed by atoms with Crippen LogP contribution in [0, 0.1) is 6.92 Å². The third kappa shape index (κ3) is 3.39. The van der Waals surface area contributed by atoms with Crippen LogP contribution in [0.1, 0.15) is 26.3 Å². The Labute approximate surface area is 147 Å². The summed E-state index contributed by atoms with van der Waals surface area (Å²) in [6.07, 6.45) is 2.90. The van der Waals surface area contributed by atoms with E-state index < -0.39 is 17.4 Å². The number of aryl methyl sites for hydroxylation is 1. The van der Waals surface area contributed by atoms with Gasteiger partial charge in [-0.3, -0.25) is 25.4 Å². The molecule has 2 N–H and O–H groups in total. The van der Waals surface area contributed by atoms with Crippen molar-refractivity contribution in [1.29, 1.82) is 0 Å². The highest BCUT2D eigenvalue weighted by Crippen LogP contribution is 2.24. The summed E-state index contributed by atoms with van der Waals surface area (Å²) in [5.41, 5.74) is 4.83. The van der Waals surface area contributed by atoms with Crippen molar-refractivity contribution in [3.05, 3.63) is 69.8 Å². The Morgan fingerprint density at radius 3 is 2.46 bits per heavy atom. The Morgan fingerprint density at radius 1 is 1.08 bits per heavy atom. The van der Waals surface area contributed by atoms with Gasteiger partial charge in [-0.05, 0) is 36.8 Å². The lowest BCUT2D eigenvalue weighted by Crippen LogP contribution is -2.43. The molecule has 0 radical (unpaired) electrons. The summed E-state index contributed by atoms with van der Waals surface area (Å²) < 4.78 is 10.4. The van der Waals surface area contributed by atoms with E-state index in [9.17, 15) is 14.4 Å². The predicted molar refractivity (Wildman–Crippen MR) is 92.9 cm³/mol. The van der Waals surface area contributed by atoms with Crippen LogP contribution < -0.4 is 21.2 Å². The number of benzene rings is 1. The quantitative estimate of drug-likeness (QED) is 0.546. The Bertz CT molecular complexity index is 1040. The predicted octanol–water partition coefficient (Wildman–Crippen LogP) is 1.58. The topological polar surface area (TPSA) is 111 Å². The van der Waals surface area contributed by atoms with Gasteiger partial charge >= 0.3 is 5.63 Å². The fourth-order valence-corrected chi connectivity index (χ4v) is 2.40. The van der Waals surface area contributed by atoms with E-state index in [1.54, 1.807) is 12.1 Å². The van der Waals surface area contributed by atoms with Crippen molar-refractivity contribution in [2.75, 3.05) is 7.11 Å². The number of rotatable bonds is 3. The number of aromatic nitrogens is 1. The number of nitrogens with zero attached hydrogens (tertiary/aromatic N) is 1. The molecule has 0 aliphatic carbocycles. The Morgan fingerprint density at radius 2 is 1.77 bits per heavy atom. The van der Waals surface area contributed by atoms with Gasteiger partial charge in [0.05, 0.1) is 7.11 Å². The van der Waals surface area contributed by atoms with E-state index in [1.165, 1.54) is 37.7 Å². The van der Waals surface area contributed by atoms with Crippen LogP contribution in [0.25, 0.3) is 11.0 Å². The van der Waals surface area contributed by atoms with Gasteiger partial charge in [0, 0.05) is 29.4 Å². The minimum absolute atomic E-state index is 0.225. The summed E-state index contributed by atoms with van der Waals surface area (Å²) >= 11 is 0. The highest BCUT2D eigenvalue weighted by Gasteiger charge is 2.16. The second-order valence-corrected chi connectivity index (χ2v) is 5.45. The minimum Gasteiger partial charge on any atom is -0.496 e. The van der Waals surface area contributed by atoms with E-state index in [-0.39, 0.29) is 5.56 Å². The monoisotopic (exact) mass is 353 g/mol. The number of carbonyl (C=O) groups is 2. The van der Waals surface area contributed by atoms with Crippen LogP contribution in [0.4, 0.5) is 0 Å². The normalized spacial score (nSPS) is 10.4. The van der Waals surface area contributed by atoms with Crippen molar-refractivity contribution in [3.63, 3.8) is 0 Å². The summed E-state index contributed by atoms with van der Waals surface area (Å²) in [5.74, 6) is -0.745. The summed E-state index contributed by atoms with van der Waals surface area (Å²) in [7, 11) is 1.51. The number of carbonyl (C=O) groups excluding carboxylic acids is 2. The van der Waals surface area contributed by atoms with Crippen LogP contribution in [-0.4, -0.2) is 23.9 Å². The fourth-order valence-electron chi connectivity index (χ4n) is 2.40. The molecule has 0 aliphatic rings. The lowest BCUT2D eigenvalue weighted by Gasteiger charge is -2.08. The highest BCUT2D eigenvalue weighted by molar-refractivity contribution is 6.00. The first-order chi connectivity index (χ1) is 12.5. The largest absolute Gasteiger partial charge is 0.496 e. The second kappa shape index (κ2) is 7.06. The van der Waals surface area contributed by atoms with E-state index in [1.807, 2.05) is 6.92 Å². The maximum atomic E-state index is 12.2. The molecule has 26 heavy (non-hydrogen) atoms. The Kier molecular flexibility index (Phi) is 4.66. The molecular weight excluding hydrogens is 338 g/mol. The van der Waals surface area contributed by atoms with Gasteiger partial charge in [0.15, 0.2) is 0 Å². The summed E-state index contributed by atoms with van der Waals surface area (Å²) in [5, 5.41) is 0.563. The zero-order valence-electron chi connectivity index (χ0n) is 14.0.